The Hall–Kier alpha value is -2.54. The maximum Gasteiger partial charge on any atom is 0.146 e. The summed E-state index contributed by atoms with van der Waals surface area (Å²) in [5.74, 6) is 6.00. The molecule has 2 aliphatic heterocycles. The minimum Gasteiger partial charge on any atom is -0.401 e. The van der Waals surface area contributed by atoms with E-state index in [0.29, 0.717) is 29.4 Å². The van der Waals surface area contributed by atoms with Crippen LogP contribution in [-0.2, 0) is 0 Å². The van der Waals surface area contributed by atoms with Gasteiger partial charge in [0.1, 0.15) is 5.82 Å². The highest BCUT2D eigenvalue weighted by Gasteiger charge is 2.27. The third-order valence-corrected chi connectivity index (χ3v) is 5.93. The number of hydrazine groups is 1. The van der Waals surface area contributed by atoms with E-state index in [0.717, 1.165) is 36.3 Å². The molecule has 6 N–H and O–H groups in total. The van der Waals surface area contributed by atoms with E-state index in [1.165, 1.54) is 17.2 Å². The quantitative estimate of drug-likeness (QED) is 0.551. The molecule has 2 aromatic rings. The van der Waals surface area contributed by atoms with Gasteiger partial charge in [-0.1, -0.05) is 29.8 Å². The molecule has 7 heteroatoms. The zero-order chi connectivity index (χ0) is 21.3. The summed E-state index contributed by atoms with van der Waals surface area (Å²) in [4.78, 5) is 0. The number of halogens is 2. The number of anilines is 1. The number of nitrogens with one attached hydrogen (secondary N) is 2. The van der Waals surface area contributed by atoms with Gasteiger partial charge in [0.2, 0.25) is 0 Å². The summed E-state index contributed by atoms with van der Waals surface area (Å²) in [7, 11) is 0. The number of fused-ring (bicyclic) bond motifs is 1. The number of hydrogen-bond donors (Lipinski definition) is 4. The van der Waals surface area contributed by atoms with E-state index in [2.05, 4.69) is 34.9 Å². The predicted octanol–water partition coefficient (Wildman–Crippen LogP) is 4.24. The van der Waals surface area contributed by atoms with E-state index in [-0.39, 0.29) is 11.9 Å². The normalized spacial score (nSPS) is 20.9. The molecule has 0 spiro atoms. The third kappa shape index (κ3) is 4.17. The van der Waals surface area contributed by atoms with Crippen LogP contribution in [-0.4, -0.2) is 24.6 Å². The van der Waals surface area contributed by atoms with Gasteiger partial charge in [-0.2, -0.15) is 0 Å². The average Bonchev–Trinajstić information content (AvgIpc) is 2.87. The van der Waals surface area contributed by atoms with Crippen molar-refractivity contribution in [2.45, 2.75) is 25.8 Å². The zero-order valence-corrected chi connectivity index (χ0v) is 17.8. The van der Waals surface area contributed by atoms with Crippen LogP contribution in [0.3, 0.4) is 0 Å². The average molecular weight is 428 g/mol. The molecule has 0 saturated carbocycles. The minimum absolute atomic E-state index is 0.141. The van der Waals surface area contributed by atoms with Gasteiger partial charge in [0, 0.05) is 29.4 Å². The van der Waals surface area contributed by atoms with Crippen LogP contribution in [0.1, 0.15) is 42.5 Å². The molecule has 4 rings (SSSR count). The molecule has 0 amide bonds. The van der Waals surface area contributed by atoms with Crippen molar-refractivity contribution < 1.29 is 4.39 Å². The molecule has 0 saturated heterocycles. The van der Waals surface area contributed by atoms with Crippen LogP contribution in [0.15, 0.2) is 48.2 Å². The summed E-state index contributed by atoms with van der Waals surface area (Å²) >= 11 is 6.11. The Kier molecular flexibility index (Phi) is 5.99. The lowest BCUT2D eigenvalue weighted by Crippen LogP contribution is -2.31. The standard InChI is InChI=1S/C23H27ClFN5/c1-14(26)23-18-4-2-16(15-6-9-28-10-7-15)12-19(18)21(8-11-30(23)27)29-22-13-17(24)3-5-20(22)25/h2-6,12-13,21,28-29H,7-11,26-27H2,1H3/b23-14-. The fourth-order valence-electron chi connectivity index (χ4n) is 4.23. The van der Waals surface area contributed by atoms with Crippen molar-refractivity contribution in [3.8, 4) is 0 Å². The van der Waals surface area contributed by atoms with E-state index < -0.39 is 0 Å². The highest BCUT2D eigenvalue weighted by Crippen LogP contribution is 2.37. The first-order chi connectivity index (χ1) is 14.4. The summed E-state index contributed by atoms with van der Waals surface area (Å²) in [5.41, 5.74) is 12.6. The van der Waals surface area contributed by atoms with E-state index in [1.54, 1.807) is 17.1 Å². The van der Waals surface area contributed by atoms with Gasteiger partial charge in [-0.25, -0.2) is 10.2 Å². The van der Waals surface area contributed by atoms with Crippen LogP contribution < -0.4 is 22.2 Å². The van der Waals surface area contributed by atoms with Crippen LogP contribution >= 0.6 is 11.6 Å². The van der Waals surface area contributed by atoms with Crippen LogP contribution in [0.25, 0.3) is 11.3 Å². The van der Waals surface area contributed by atoms with E-state index in [1.807, 2.05) is 6.92 Å². The second-order valence-electron chi connectivity index (χ2n) is 7.82. The number of allylic oxidation sites excluding steroid dienone is 1. The molecule has 1 unspecified atom stereocenters. The van der Waals surface area contributed by atoms with Crippen LogP contribution in [0.2, 0.25) is 5.02 Å². The Morgan fingerprint density at radius 1 is 1.27 bits per heavy atom. The monoisotopic (exact) mass is 427 g/mol. The molecule has 2 aromatic carbocycles. The van der Waals surface area contributed by atoms with Gasteiger partial charge < -0.3 is 21.4 Å². The molecule has 0 aromatic heterocycles. The smallest absolute Gasteiger partial charge is 0.146 e. The minimum atomic E-state index is -0.335. The van der Waals surface area contributed by atoms with E-state index >= 15 is 0 Å². The summed E-state index contributed by atoms with van der Waals surface area (Å²) in [6, 6.07) is 10.8. The maximum absolute atomic E-state index is 14.5. The molecule has 0 radical (unpaired) electrons. The molecule has 5 nitrogen and oxygen atoms in total. The Bertz CT molecular complexity index is 1010. The molecule has 1 atom stereocenters. The largest absolute Gasteiger partial charge is 0.401 e. The number of rotatable bonds is 3. The molecule has 0 bridgehead atoms. The molecule has 0 fully saturated rings. The first kappa shape index (κ1) is 20.7. The van der Waals surface area contributed by atoms with Crippen molar-refractivity contribution in [1.82, 2.24) is 10.3 Å². The van der Waals surface area contributed by atoms with Gasteiger partial charge in [-0.15, -0.1) is 0 Å². The first-order valence-corrected chi connectivity index (χ1v) is 10.6. The maximum atomic E-state index is 14.5. The zero-order valence-electron chi connectivity index (χ0n) is 17.0. The van der Waals surface area contributed by atoms with Crippen molar-refractivity contribution in [2.75, 3.05) is 25.0 Å². The van der Waals surface area contributed by atoms with Gasteiger partial charge in [-0.05, 0) is 67.3 Å². The molecular formula is C23H27ClFN5. The highest BCUT2D eigenvalue weighted by atomic mass is 35.5. The number of hydrogen-bond acceptors (Lipinski definition) is 5. The highest BCUT2D eigenvalue weighted by molar-refractivity contribution is 6.30. The fraction of sp³-hybridized carbons (Fsp3) is 0.304. The first-order valence-electron chi connectivity index (χ1n) is 10.2. The van der Waals surface area contributed by atoms with Crippen molar-refractivity contribution in [3.05, 3.63) is 75.7 Å². The lowest BCUT2D eigenvalue weighted by atomic mass is 9.91. The van der Waals surface area contributed by atoms with Gasteiger partial charge in [0.25, 0.3) is 0 Å². The van der Waals surface area contributed by atoms with Crippen molar-refractivity contribution in [3.63, 3.8) is 0 Å². The molecular weight excluding hydrogens is 401 g/mol. The van der Waals surface area contributed by atoms with Crippen LogP contribution in [0, 0.1) is 5.82 Å². The van der Waals surface area contributed by atoms with Gasteiger partial charge in [-0.3, -0.25) is 0 Å². The van der Waals surface area contributed by atoms with E-state index in [9.17, 15) is 4.39 Å². The van der Waals surface area contributed by atoms with Crippen LogP contribution in [0.5, 0.6) is 0 Å². The Morgan fingerprint density at radius 2 is 2.10 bits per heavy atom. The topological polar surface area (TPSA) is 79.3 Å². The SMILES string of the molecule is C/C(N)=C1\c2ccc(C3=CCNCC3)cc2C(Nc2cc(Cl)ccc2F)CCN1N. The van der Waals surface area contributed by atoms with Gasteiger partial charge >= 0.3 is 0 Å². The number of nitrogens with zero attached hydrogens (tertiary/aromatic N) is 1. The van der Waals surface area contributed by atoms with Gasteiger partial charge in [0.15, 0.2) is 0 Å². The number of benzene rings is 2. The molecule has 2 aliphatic rings. The summed E-state index contributed by atoms with van der Waals surface area (Å²) < 4.78 is 14.5. The van der Waals surface area contributed by atoms with Crippen molar-refractivity contribution in [1.29, 1.82) is 0 Å². The lowest BCUT2D eigenvalue weighted by molar-refractivity contribution is 0.401. The number of nitrogens with two attached hydrogens (primary N) is 2. The second kappa shape index (κ2) is 8.68. The third-order valence-electron chi connectivity index (χ3n) is 5.69. The van der Waals surface area contributed by atoms with Crippen molar-refractivity contribution in [2.24, 2.45) is 11.6 Å². The Morgan fingerprint density at radius 3 is 2.83 bits per heavy atom. The summed E-state index contributed by atoms with van der Waals surface area (Å²) in [6.07, 6.45) is 3.89. The Balaban J connectivity index is 1.82. The fourth-order valence-corrected chi connectivity index (χ4v) is 4.40. The van der Waals surface area contributed by atoms with E-state index in [4.69, 9.17) is 23.2 Å². The molecule has 30 heavy (non-hydrogen) atoms. The molecule has 158 valence electrons. The van der Waals surface area contributed by atoms with Crippen LogP contribution in [0.4, 0.5) is 10.1 Å². The predicted molar refractivity (Wildman–Crippen MR) is 122 cm³/mol. The Labute approximate surface area is 181 Å². The van der Waals surface area contributed by atoms with Gasteiger partial charge in [0.05, 0.1) is 17.4 Å². The lowest BCUT2D eigenvalue weighted by Gasteiger charge is -2.23. The summed E-state index contributed by atoms with van der Waals surface area (Å²) in [6.45, 7) is 4.26. The second-order valence-corrected chi connectivity index (χ2v) is 8.26. The van der Waals surface area contributed by atoms with Crippen molar-refractivity contribution >= 4 is 28.6 Å². The molecule has 2 heterocycles. The summed E-state index contributed by atoms with van der Waals surface area (Å²) in [5, 5.41) is 8.88. The molecule has 0 aliphatic carbocycles.